The third-order valence-corrected chi connectivity index (χ3v) is 9.58. The predicted molar refractivity (Wildman–Crippen MR) is 111 cm³/mol. The SMILES string of the molecule is CC1=C2CC[C@H]3[C@@H]4CC[C@H](C(=O)c5ccccc5)[C@@]4(C)CC[C@@H]3[C@]2(C)CC1. The van der Waals surface area contributed by atoms with Crippen LogP contribution in [0.15, 0.2) is 41.5 Å². The fraction of sp³-hybridized carbons (Fsp3) is 0.654. The van der Waals surface area contributed by atoms with Gasteiger partial charge in [0.05, 0.1) is 0 Å². The first kappa shape index (κ1) is 17.7. The Morgan fingerprint density at radius 2 is 1.70 bits per heavy atom. The van der Waals surface area contributed by atoms with E-state index >= 15 is 0 Å². The van der Waals surface area contributed by atoms with Crippen LogP contribution in [0, 0.1) is 34.5 Å². The standard InChI is InChI=1S/C26H34O/c1-17-13-15-25(2)20(17)10-9-19-21-11-12-23(26(21,3)16-14-22(19)25)24(27)18-7-5-4-6-8-18/h4-8,19,21-23H,9-16H2,1-3H3/t19-,21-,22-,23+,25+,26-/m0/s1. The first-order chi connectivity index (χ1) is 12.9. The molecule has 1 nitrogen and oxygen atoms in total. The third-order valence-electron chi connectivity index (χ3n) is 9.58. The lowest BCUT2D eigenvalue weighted by Crippen LogP contribution is -2.49. The van der Waals surface area contributed by atoms with Gasteiger partial charge in [0.25, 0.3) is 0 Å². The Morgan fingerprint density at radius 3 is 2.48 bits per heavy atom. The van der Waals surface area contributed by atoms with Crippen molar-refractivity contribution >= 4 is 5.78 Å². The number of Topliss-reactive ketones (excluding diaryl/α,β-unsaturated/α-hetero) is 1. The smallest absolute Gasteiger partial charge is 0.166 e. The number of allylic oxidation sites excluding steroid dienone is 2. The molecule has 0 heterocycles. The molecule has 1 heteroatoms. The van der Waals surface area contributed by atoms with Gasteiger partial charge in [0, 0.05) is 11.5 Å². The number of benzene rings is 1. The van der Waals surface area contributed by atoms with Crippen LogP contribution in [-0.2, 0) is 0 Å². The predicted octanol–water partition coefficient (Wildman–Crippen LogP) is 6.84. The molecular weight excluding hydrogens is 328 g/mol. The summed E-state index contributed by atoms with van der Waals surface area (Å²) in [5.74, 6) is 3.12. The highest BCUT2D eigenvalue weighted by atomic mass is 16.1. The van der Waals surface area contributed by atoms with Crippen molar-refractivity contribution in [3.05, 3.63) is 47.0 Å². The van der Waals surface area contributed by atoms with Gasteiger partial charge in [-0.05, 0) is 86.9 Å². The van der Waals surface area contributed by atoms with Crippen molar-refractivity contribution in [2.24, 2.45) is 34.5 Å². The van der Waals surface area contributed by atoms with Gasteiger partial charge in [-0.1, -0.05) is 55.3 Å². The molecule has 5 rings (SSSR count). The second-order valence-corrected chi connectivity index (χ2v) is 10.5. The van der Waals surface area contributed by atoms with E-state index in [9.17, 15) is 4.79 Å². The molecule has 0 N–H and O–H groups in total. The molecule has 1 aromatic carbocycles. The maximum atomic E-state index is 13.3. The summed E-state index contributed by atoms with van der Waals surface area (Å²) in [5.41, 5.74) is 5.14. The van der Waals surface area contributed by atoms with Crippen molar-refractivity contribution in [1.29, 1.82) is 0 Å². The van der Waals surface area contributed by atoms with Gasteiger partial charge in [-0.15, -0.1) is 0 Å². The maximum absolute atomic E-state index is 13.3. The summed E-state index contributed by atoms with van der Waals surface area (Å²) in [6, 6.07) is 10.1. The van der Waals surface area contributed by atoms with Crippen LogP contribution in [0.3, 0.4) is 0 Å². The zero-order valence-electron chi connectivity index (χ0n) is 17.3. The Balaban J connectivity index is 1.44. The molecule has 1 aromatic rings. The average Bonchev–Trinajstić information content (AvgIpc) is 3.18. The monoisotopic (exact) mass is 362 g/mol. The molecule has 0 unspecified atom stereocenters. The normalized spacial score (nSPS) is 43.2. The minimum atomic E-state index is 0.222. The van der Waals surface area contributed by atoms with Crippen LogP contribution >= 0.6 is 0 Å². The van der Waals surface area contributed by atoms with E-state index in [1.165, 1.54) is 44.9 Å². The van der Waals surface area contributed by atoms with E-state index in [1.807, 2.05) is 35.9 Å². The number of hydrogen-bond acceptors (Lipinski definition) is 1. The van der Waals surface area contributed by atoms with Crippen molar-refractivity contribution in [2.75, 3.05) is 0 Å². The summed E-state index contributed by atoms with van der Waals surface area (Å²) in [4.78, 5) is 13.3. The Hall–Kier alpha value is -1.37. The maximum Gasteiger partial charge on any atom is 0.166 e. The van der Waals surface area contributed by atoms with E-state index in [0.29, 0.717) is 11.2 Å². The highest BCUT2D eigenvalue weighted by Crippen LogP contribution is 2.68. The van der Waals surface area contributed by atoms with Crippen LogP contribution in [0.4, 0.5) is 0 Å². The summed E-state index contributed by atoms with van der Waals surface area (Å²) in [7, 11) is 0. The summed E-state index contributed by atoms with van der Waals surface area (Å²) < 4.78 is 0. The molecule has 0 radical (unpaired) electrons. The van der Waals surface area contributed by atoms with E-state index in [4.69, 9.17) is 0 Å². The molecule has 27 heavy (non-hydrogen) atoms. The zero-order valence-corrected chi connectivity index (χ0v) is 17.3. The van der Waals surface area contributed by atoms with Gasteiger partial charge in [-0.3, -0.25) is 4.79 Å². The minimum absolute atomic E-state index is 0.222. The zero-order chi connectivity index (χ0) is 18.8. The molecule has 4 aliphatic carbocycles. The number of carbonyl (C=O) groups is 1. The molecule has 4 aliphatic rings. The van der Waals surface area contributed by atoms with Crippen LogP contribution in [0.1, 0.15) is 82.5 Å². The minimum Gasteiger partial charge on any atom is -0.294 e. The van der Waals surface area contributed by atoms with Crippen LogP contribution in [0.2, 0.25) is 0 Å². The largest absolute Gasteiger partial charge is 0.294 e. The Bertz CT molecular complexity index is 790. The molecule has 6 atom stereocenters. The fourth-order valence-electron chi connectivity index (χ4n) is 8.17. The second kappa shape index (κ2) is 6.06. The van der Waals surface area contributed by atoms with Gasteiger partial charge in [0.1, 0.15) is 0 Å². The summed E-state index contributed by atoms with van der Waals surface area (Å²) in [6.45, 7) is 7.44. The molecule has 0 amide bonds. The Morgan fingerprint density at radius 1 is 0.926 bits per heavy atom. The van der Waals surface area contributed by atoms with Gasteiger partial charge in [-0.25, -0.2) is 0 Å². The van der Waals surface area contributed by atoms with Crippen LogP contribution in [0.5, 0.6) is 0 Å². The fourth-order valence-corrected chi connectivity index (χ4v) is 8.17. The van der Waals surface area contributed by atoms with Gasteiger partial charge in [0.2, 0.25) is 0 Å². The summed E-state index contributed by atoms with van der Waals surface area (Å²) in [6.07, 6.45) is 10.4. The van der Waals surface area contributed by atoms with Crippen LogP contribution < -0.4 is 0 Å². The molecular formula is C26H34O. The van der Waals surface area contributed by atoms with Crippen molar-refractivity contribution in [2.45, 2.75) is 72.1 Å². The first-order valence-electron chi connectivity index (χ1n) is 11.2. The van der Waals surface area contributed by atoms with Crippen LogP contribution in [-0.4, -0.2) is 5.78 Å². The van der Waals surface area contributed by atoms with Gasteiger partial charge in [0.15, 0.2) is 5.78 Å². The molecule has 0 aliphatic heterocycles. The highest BCUT2D eigenvalue weighted by molar-refractivity contribution is 5.98. The lowest BCUT2D eigenvalue weighted by atomic mass is 9.48. The van der Waals surface area contributed by atoms with E-state index in [-0.39, 0.29) is 11.3 Å². The van der Waals surface area contributed by atoms with Gasteiger partial charge >= 0.3 is 0 Å². The average molecular weight is 363 g/mol. The molecule has 0 spiro atoms. The molecule has 3 fully saturated rings. The van der Waals surface area contributed by atoms with Crippen molar-refractivity contribution in [1.82, 2.24) is 0 Å². The molecule has 0 saturated heterocycles. The Labute approximate surface area is 164 Å². The number of carbonyl (C=O) groups excluding carboxylic acids is 1. The Kier molecular flexibility index (Phi) is 3.98. The third kappa shape index (κ3) is 2.39. The lowest BCUT2D eigenvalue weighted by molar-refractivity contribution is -0.0412. The van der Waals surface area contributed by atoms with Crippen molar-refractivity contribution in [3.63, 3.8) is 0 Å². The number of rotatable bonds is 2. The summed E-state index contributed by atoms with van der Waals surface area (Å²) >= 11 is 0. The van der Waals surface area contributed by atoms with E-state index in [1.54, 1.807) is 5.57 Å². The lowest BCUT2D eigenvalue weighted by Gasteiger charge is -2.56. The van der Waals surface area contributed by atoms with Gasteiger partial charge < -0.3 is 0 Å². The van der Waals surface area contributed by atoms with E-state index < -0.39 is 0 Å². The number of ketones is 1. The van der Waals surface area contributed by atoms with E-state index in [0.717, 1.165) is 29.7 Å². The van der Waals surface area contributed by atoms with E-state index in [2.05, 4.69) is 20.8 Å². The molecule has 0 bridgehead atoms. The quantitative estimate of drug-likeness (QED) is 0.416. The highest BCUT2D eigenvalue weighted by Gasteiger charge is 2.60. The summed E-state index contributed by atoms with van der Waals surface area (Å²) in [5, 5.41) is 0. The van der Waals surface area contributed by atoms with Crippen molar-refractivity contribution < 1.29 is 4.79 Å². The number of fused-ring (bicyclic) bond motifs is 5. The van der Waals surface area contributed by atoms with Crippen molar-refractivity contribution in [3.8, 4) is 0 Å². The van der Waals surface area contributed by atoms with Crippen LogP contribution in [0.25, 0.3) is 0 Å². The topological polar surface area (TPSA) is 17.1 Å². The molecule has 0 aromatic heterocycles. The number of hydrogen-bond donors (Lipinski definition) is 0. The molecule has 144 valence electrons. The van der Waals surface area contributed by atoms with Gasteiger partial charge in [-0.2, -0.15) is 0 Å². The first-order valence-corrected chi connectivity index (χ1v) is 11.2. The second-order valence-electron chi connectivity index (χ2n) is 10.5. The molecule has 3 saturated carbocycles.